The van der Waals surface area contributed by atoms with Gasteiger partial charge in [0.1, 0.15) is 11.6 Å². The molecule has 0 aliphatic heterocycles. The van der Waals surface area contributed by atoms with Gasteiger partial charge >= 0.3 is 18.2 Å². The summed E-state index contributed by atoms with van der Waals surface area (Å²) in [6.45, 7) is 1.88. The molecule has 0 radical (unpaired) electrons. The maximum Gasteiger partial charge on any atom is 0.400 e. The highest BCUT2D eigenvalue weighted by Crippen LogP contribution is 2.41. The molecule has 178 valence electrons. The molecular weight excluding hydrogens is 453 g/mol. The Kier molecular flexibility index (Phi) is 7.71. The van der Waals surface area contributed by atoms with Crippen molar-refractivity contribution in [2.24, 2.45) is 11.8 Å². The van der Waals surface area contributed by atoms with E-state index in [0.717, 1.165) is 36.4 Å². The number of alkyl halides is 2. The summed E-state index contributed by atoms with van der Waals surface area (Å²) in [5.74, 6) is -4.12. The lowest BCUT2D eigenvalue weighted by molar-refractivity contribution is -0.223. The van der Waals surface area contributed by atoms with Crippen LogP contribution in [-0.4, -0.2) is 6.11 Å². The van der Waals surface area contributed by atoms with E-state index in [1.165, 1.54) is 0 Å². The van der Waals surface area contributed by atoms with Crippen molar-refractivity contribution in [2.75, 3.05) is 0 Å². The first-order chi connectivity index (χ1) is 15.6. The first-order valence-corrected chi connectivity index (χ1v) is 10.3. The third-order valence-corrected chi connectivity index (χ3v) is 5.50. The van der Waals surface area contributed by atoms with Crippen molar-refractivity contribution in [1.82, 2.24) is 0 Å². The number of rotatable bonds is 7. The standard InChI is InChI=1S/C24H21F7O2/c1-2-3-14-4-7-16(8-5-14)24(30,31)33-17-9-10-18(19(25)13-17)15-6-11-21(20(26)12-15)32-23(29)22(27)28/h2-3,6,9-14,16H,4-5,7-8H2,1H3. The summed E-state index contributed by atoms with van der Waals surface area (Å²) < 4.78 is 104. The van der Waals surface area contributed by atoms with E-state index in [0.29, 0.717) is 12.8 Å². The Balaban J connectivity index is 1.72. The Bertz CT molecular complexity index is 1040. The molecule has 0 amide bonds. The molecule has 2 aromatic rings. The Labute approximate surface area is 186 Å². The van der Waals surface area contributed by atoms with Gasteiger partial charge in [-0.2, -0.15) is 22.0 Å². The quantitative estimate of drug-likeness (QED) is 0.228. The van der Waals surface area contributed by atoms with Gasteiger partial charge in [-0.15, -0.1) is 0 Å². The third kappa shape index (κ3) is 6.09. The summed E-state index contributed by atoms with van der Waals surface area (Å²) in [6, 6.07) is 3.45. The second kappa shape index (κ2) is 10.3. The van der Waals surface area contributed by atoms with E-state index in [2.05, 4.69) is 4.74 Å². The van der Waals surface area contributed by atoms with Gasteiger partial charge in [0.2, 0.25) is 0 Å². The van der Waals surface area contributed by atoms with Gasteiger partial charge in [0, 0.05) is 11.6 Å². The predicted octanol–water partition coefficient (Wildman–Crippen LogP) is 8.40. The molecule has 0 heterocycles. The summed E-state index contributed by atoms with van der Waals surface area (Å²) >= 11 is 0. The number of benzene rings is 2. The Hall–Kier alpha value is -2.97. The third-order valence-electron chi connectivity index (χ3n) is 5.50. The van der Waals surface area contributed by atoms with E-state index in [9.17, 15) is 30.7 Å². The zero-order valence-electron chi connectivity index (χ0n) is 17.6. The molecule has 1 aliphatic rings. The Morgan fingerprint density at radius 2 is 1.64 bits per heavy atom. The van der Waals surface area contributed by atoms with E-state index >= 15 is 0 Å². The highest BCUT2D eigenvalue weighted by atomic mass is 19.3. The second-order valence-electron chi connectivity index (χ2n) is 7.72. The van der Waals surface area contributed by atoms with Crippen LogP contribution < -0.4 is 9.47 Å². The number of halogens is 7. The zero-order valence-corrected chi connectivity index (χ0v) is 17.6. The smallest absolute Gasteiger partial charge is 0.400 e. The van der Waals surface area contributed by atoms with Crippen molar-refractivity contribution in [3.63, 3.8) is 0 Å². The van der Waals surface area contributed by atoms with Gasteiger partial charge in [-0.25, -0.2) is 8.78 Å². The first kappa shape index (κ1) is 24.7. The highest BCUT2D eigenvalue weighted by Gasteiger charge is 2.43. The van der Waals surface area contributed by atoms with Crippen LogP contribution in [0.15, 0.2) is 60.6 Å². The molecule has 0 unspecified atom stereocenters. The normalized spacial score (nSPS) is 18.9. The summed E-state index contributed by atoms with van der Waals surface area (Å²) in [7, 11) is 0. The molecule has 9 heteroatoms. The van der Waals surface area contributed by atoms with Crippen molar-refractivity contribution in [3.8, 4) is 22.6 Å². The predicted molar refractivity (Wildman–Crippen MR) is 109 cm³/mol. The lowest BCUT2D eigenvalue weighted by Gasteiger charge is -2.32. The average Bonchev–Trinajstić information content (AvgIpc) is 2.75. The number of hydrogen-bond acceptors (Lipinski definition) is 2. The molecule has 0 bridgehead atoms. The fraction of sp³-hybridized carbons (Fsp3) is 0.333. The van der Waals surface area contributed by atoms with Crippen molar-refractivity contribution in [3.05, 3.63) is 72.3 Å². The van der Waals surface area contributed by atoms with Gasteiger partial charge in [0.05, 0.1) is 5.92 Å². The van der Waals surface area contributed by atoms with Crippen LogP contribution in [0.3, 0.4) is 0 Å². The fourth-order valence-corrected chi connectivity index (χ4v) is 3.84. The number of hydrogen-bond donors (Lipinski definition) is 0. The minimum Gasteiger partial charge on any atom is -0.432 e. The molecule has 1 saturated carbocycles. The molecule has 33 heavy (non-hydrogen) atoms. The van der Waals surface area contributed by atoms with Crippen LogP contribution in [0.1, 0.15) is 32.6 Å². The molecule has 2 aromatic carbocycles. The molecule has 3 rings (SSSR count). The minimum atomic E-state index is -3.48. The van der Waals surface area contributed by atoms with Crippen LogP contribution in [0.4, 0.5) is 30.7 Å². The SMILES string of the molecule is CC=CC1CCC(C(F)(F)Oc2ccc(-c3ccc(OC(F)=C(F)F)c(F)c3)c(F)c2)CC1. The summed E-state index contributed by atoms with van der Waals surface area (Å²) in [5, 5.41) is 0. The van der Waals surface area contributed by atoms with E-state index < -0.39 is 41.5 Å². The van der Waals surface area contributed by atoms with E-state index in [1.54, 1.807) is 0 Å². The first-order valence-electron chi connectivity index (χ1n) is 10.3. The maximum absolute atomic E-state index is 14.6. The van der Waals surface area contributed by atoms with Crippen molar-refractivity contribution >= 4 is 0 Å². The van der Waals surface area contributed by atoms with Crippen molar-refractivity contribution in [1.29, 1.82) is 0 Å². The maximum atomic E-state index is 14.6. The molecule has 0 saturated heterocycles. The monoisotopic (exact) mass is 474 g/mol. The largest absolute Gasteiger partial charge is 0.432 e. The number of allylic oxidation sites excluding steroid dienone is 2. The van der Waals surface area contributed by atoms with E-state index in [-0.39, 0.29) is 35.6 Å². The van der Waals surface area contributed by atoms with Gasteiger partial charge in [-0.05, 0) is 68.4 Å². The zero-order chi connectivity index (χ0) is 24.2. The van der Waals surface area contributed by atoms with Gasteiger partial charge in [-0.1, -0.05) is 18.2 Å². The summed E-state index contributed by atoms with van der Waals surface area (Å²) in [5.41, 5.74) is -0.196. The number of ether oxygens (including phenoxy) is 2. The molecule has 0 N–H and O–H groups in total. The van der Waals surface area contributed by atoms with Gasteiger partial charge < -0.3 is 9.47 Å². The molecule has 2 nitrogen and oxygen atoms in total. The van der Waals surface area contributed by atoms with Crippen LogP contribution in [-0.2, 0) is 0 Å². The van der Waals surface area contributed by atoms with Crippen LogP contribution in [0.2, 0.25) is 0 Å². The lowest BCUT2D eigenvalue weighted by atomic mass is 9.81. The molecule has 1 fully saturated rings. The van der Waals surface area contributed by atoms with Gasteiger partial charge in [0.15, 0.2) is 11.6 Å². The molecular formula is C24H21F7O2. The van der Waals surface area contributed by atoms with Crippen LogP contribution in [0, 0.1) is 23.5 Å². The van der Waals surface area contributed by atoms with Crippen molar-refractivity contribution in [2.45, 2.75) is 38.7 Å². The summed E-state index contributed by atoms with van der Waals surface area (Å²) in [6.07, 6.45) is -0.566. The van der Waals surface area contributed by atoms with E-state index in [1.807, 2.05) is 19.1 Å². The molecule has 1 aliphatic carbocycles. The molecule has 0 atom stereocenters. The Morgan fingerprint density at radius 3 is 2.21 bits per heavy atom. The van der Waals surface area contributed by atoms with Crippen LogP contribution in [0.5, 0.6) is 11.5 Å². The minimum absolute atomic E-state index is 0.0388. The lowest BCUT2D eigenvalue weighted by Crippen LogP contribution is -2.37. The molecule has 0 aromatic heterocycles. The van der Waals surface area contributed by atoms with Gasteiger partial charge in [0.25, 0.3) is 0 Å². The fourth-order valence-electron chi connectivity index (χ4n) is 3.84. The average molecular weight is 474 g/mol. The summed E-state index contributed by atoms with van der Waals surface area (Å²) in [4.78, 5) is 0. The van der Waals surface area contributed by atoms with E-state index in [4.69, 9.17) is 4.74 Å². The van der Waals surface area contributed by atoms with Gasteiger partial charge in [-0.3, -0.25) is 0 Å². The van der Waals surface area contributed by atoms with Crippen LogP contribution in [0.25, 0.3) is 11.1 Å². The highest BCUT2D eigenvalue weighted by molar-refractivity contribution is 5.66. The van der Waals surface area contributed by atoms with Crippen LogP contribution >= 0.6 is 0 Å². The second-order valence-corrected chi connectivity index (χ2v) is 7.72. The Morgan fingerprint density at radius 1 is 0.939 bits per heavy atom. The van der Waals surface area contributed by atoms with Crippen molar-refractivity contribution < 1.29 is 40.2 Å². The topological polar surface area (TPSA) is 18.5 Å². The molecule has 0 spiro atoms.